The molecule has 0 heterocycles. The van der Waals surface area contributed by atoms with E-state index in [1.165, 1.54) is 57.8 Å². The summed E-state index contributed by atoms with van der Waals surface area (Å²) in [6.45, 7) is 4.50. The summed E-state index contributed by atoms with van der Waals surface area (Å²) < 4.78 is 34.2. The van der Waals surface area contributed by atoms with Crippen molar-refractivity contribution in [1.82, 2.24) is 0 Å². The standard InChI is InChI=1S/C44H80NO8P/c1-6-8-10-11-12-13-14-15-16-17-18-19-23-26-29-33-38-50-40-43(41-52-54(48,49)51-39-37-45(3,4)5)53-44(47)36-32-28-25-22-20-21-24-27-31-35-42(46)34-30-9-7-2/h15-16,24,27,31,33,35,38,43H,6-14,17-23,25-26,28-30,32,34,36-37,39-41H2,1-5H3/b16-15-,27-24-,35-31+,38-33+/t43-/m1/s1. The second kappa shape index (κ2) is 36.6. The minimum absolute atomic E-state index is 0.00252. The molecule has 0 radical (unpaired) electrons. The van der Waals surface area contributed by atoms with Gasteiger partial charge in [-0.15, -0.1) is 0 Å². The van der Waals surface area contributed by atoms with Gasteiger partial charge in [0.1, 0.15) is 19.8 Å². The Morgan fingerprint density at radius 1 is 0.630 bits per heavy atom. The molecule has 0 aliphatic rings. The first-order valence-corrected chi connectivity index (χ1v) is 22.8. The van der Waals surface area contributed by atoms with Crippen LogP contribution in [-0.2, 0) is 32.7 Å². The summed E-state index contributed by atoms with van der Waals surface area (Å²) in [5.41, 5.74) is 0. The quantitative estimate of drug-likeness (QED) is 0.00886. The van der Waals surface area contributed by atoms with Gasteiger partial charge in [0.05, 0.1) is 34.0 Å². The maximum Gasteiger partial charge on any atom is 0.306 e. The van der Waals surface area contributed by atoms with Gasteiger partial charge in [-0.3, -0.25) is 14.2 Å². The number of unbranched alkanes of at least 4 members (excludes halogenated alkanes) is 18. The minimum Gasteiger partial charge on any atom is -0.756 e. The van der Waals surface area contributed by atoms with Crippen LogP contribution >= 0.6 is 7.82 Å². The Kier molecular flexibility index (Phi) is 35.2. The van der Waals surface area contributed by atoms with E-state index in [1.807, 2.05) is 39.4 Å². The second-order valence-electron chi connectivity index (χ2n) is 15.4. The zero-order valence-electron chi connectivity index (χ0n) is 35.2. The molecule has 0 fully saturated rings. The lowest BCUT2D eigenvalue weighted by Crippen LogP contribution is -2.37. The molecule has 54 heavy (non-hydrogen) atoms. The number of rotatable bonds is 39. The second-order valence-corrected chi connectivity index (χ2v) is 16.9. The fourth-order valence-corrected chi connectivity index (χ4v) is 6.21. The zero-order valence-corrected chi connectivity index (χ0v) is 36.0. The van der Waals surface area contributed by atoms with Gasteiger partial charge in [-0.25, -0.2) is 0 Å². The highest BCUT2D eigenvalue weighted by Gasteiger charge is 2.20. The van der Waals surface area contributed by atoms with E-state index in [0.717, 1.165) is 77.0 Å². The van der Waals surface area contributed by atoms with Crippen LogP contribution < -0.4 is 4.89 Å². The van der Waals surface area contributed by atoms with Gasteiger partial charge in [0, 0.05) is 12.8 Å². The number of ketones is 1. The molecule has 2 atom stereocenters. The van der Waals surface area contributed by atoms with Crippen molar-refractivity contribution in [3.05, 3.63) is 48.8 Å². The fourth-order valence-electron chi connectivity index (χ4n) is 5.49. The average molecular weight is 782 g/mol. The molecule has 0 saturated heterocycles. The van der Waals surface area contributed by atoms with Crippen LogP contribution in [0.3, 0.4) is 0 Å². The molecule has 0 aromatic carbocycles. The van der Waals surface area contributed by atoms with Crippen LogP contribution in [0.25, 0.3) is 0 Å². The van der Waals surface area contributed by atoms with E-state index in [2.05, 4.69) is 32.1 Å². The monoisotopic (exact) mass is 782 g/mol. The fraction of sp³-hybridized carbons (Fsp3) is 0.773. The van der Waals surface area contributed by atoms with Crippen LogP contribution in [0, 0.1) is 0 Å². The van der Waals surface area contributed by atoms with Crippen molar-refractivity contribution in [2.24, 2.45) is 0 Å². The van der Waals surface area contributed by atoms with Crippen LogP contribution in [0.2, 0.25) is 0 Å². The van der Waals surface area contributed by atoms with Gasteiger partial charge in [0.15, 0.2) is 11.9 Å². The van der Waals surface area contributed by atoms with Crippen LogP contribution in [0.5, 0.6) is 0 Å². The first-order valence-electron chi connectivity index (χ1n) is 21.4. The number of ether oxygens (including phenoxy) is 2. The molecule has 0 N–H and O–H groups in total. The largest absolute Gasteiger partial charge is 0.756 e. The molecular formula is C44H80NO8P. The Morgan fingerprint density at radius 2 is 1.15 bits per heavy atom. The number of phosphoric ester groups is 1. The molecule has 10 heteroatoms. The SMILES string of the molecule is CCCCCCCC/C=C\CCCCCC/C=C/OC[C@H](COP(=O)([O-])OCC[N+](C)(C)C)OC(=O)CCCCCCC/C=C\C=C\C(=O)CCCCC. The van der Waals surface area contributed by atoms with Gasteiger partial charge >= 0.3 is 5.97 Å². The van der Waals surface area contributed by atoms with Crippen molar-refractivity contribution in [3.8, 4) is 0 Å². The van der Waals surface area contributed by atoms with Gasteiger partial charge in [-0.2, -0.15) is 0 Å². The smallest absolute Gasteiger partial charge is 0.306 e. The normalized spacial score (nSPS) is 14.1. The van der Waals surface area contributed by atoms with Gasteiger partial charge in [0.25, 0.3) is 7.82 Å². The van der Waals surface area contributed by atoms with E-state index in [0.29, 0.717) is 23.9 Å². The summed E-state index contributed by atoms with van der Waals surface area (Å²) in [7, 11) is 1.26. The average Bonchev–Trinajstić information content (AvgIpc) is 3.11. The minimum atomic E-state index is -4.56. The Labute approximate surface area is 331 Å². The van der Waals surface area contributed by atoms with E-state index in [9.17, 15) is 19.0 Å². The lowest BCUT2D eigenvalue weighted by Gasteiger charge is -2.28. The van der Waals surface area contributed by atoms with Crippen molar-refractivity contribution in [2.45, 2.75) is 174 Å². The van der Waals surface area contributed by atoms with Crippen molar-refractivity contribution in [2.75, 3.05) is 47.5 Å². The molecule has 314 valence electrons. The molecule has 0 aromatic rings. The molecule has 0 amide bonds. The van der Waals surface area contributed by atoms with Crippen LogP contribution in [0.15, 0.2) is 48.8 Å². The number of hydrogen-bond donors (Lipinski definition) is 0. The zero-order chi connectivity index (χ0) is 40.0. The van der Waals surface area contributed by atoms with E-state index in [4.69, 9.17) is 18.5 Å². The number of quaternary nitrogens is 1. The number of carbonyl (C=O) groups excluding carboxylic acids is 2. The van der Waals surface area contributed by atoms with Crippen LogP contribution in [0.1, 0.15) is 168 Å². The van der Waals surface area contributed by atoms with E-state index in [-0.39, 0.29) is 32.0 Å². The van der Waals surface area contributed by atoms with Gasteiger partial charge in [-0.1, -0.05) is 121 Å². The van der Waals surface area contributed by atoms with Crippen molar-refractivity contribution in [1.29, 1.82) is 0 Å². The lowest BCUT2D eigenvalue weighted by molar-refractivity contribution is -0.870. The topological polar surface area (TPSA) is 111 Å². The summed E-state index contributed by atoms with van der Waals surface area (Å²) >= 11 is 0. The number of hydrogen-bond acceptors (Lipinski definition) is 8. The first kappa shape index (κ1) is 52.0. The predicted molar refractivity (Wildman–Crippen MR) is 222 cm³/mol. The Morgan fingerprint density at radius 3 is 1.76 bits per heavy atom. The maximum atomic E-state index is 12.6. The summed E-state index contributed by atoms with van der Waals surface area (Å²) in [6, 6.07) is 0. The van der Waals surface area contributed by atoms with E-state index in [1.54, 1.807) is 12.3 Å². The molecule has 0 rings (SSSR count). The molecule has 0 aliphatic carbocycles. The molecule has 0 saturated carbocycles. The van der Waals surface area contributed by atoms with E-state index < -0.39 is 19.9 Å². The van der Waals surface area contributed by atoms with Gasteiger partial charge in [0.2, 0.25) is 0 Å². The number of carbonyl (C=O) groups is 2. The third-order valence-electron chi connectivity index (χ3n) is 8.89. The number of allylic oxidation sites excluding steroid dienone is 7. The first-order chi connectivity index (χ1) is 26.0. The summed E-state index contributed by atoms with van der Waals surface area (Å²) in [4.78, 5) is 36.7. The Bertz CT molecular complexity index is 1070. The van der Waals surface area contributed by atoms with E-state index >= 15 is 0 Å². The lowest BCUT2D eigenvalue weighted by atomic mass is 10.1. The Hall–Kier alpha value is -2.03. The Balaban J connectivity index is 4.40. The molecule has 9 nitrogen and oxygen atoms in total. The predicted octanol–water partition coefficient (Wildman–Crippen LogP) is 11.3. The molecule has 0 bridgehead atoms. The summed E-state index contributed by atoms with van der Waals surface area (Å²) in [6.07, 6.45) is 40.5. The maximum absolute atomic E-state index is 12.6. The highest BCUT2D eigenvalue weighted by Crippen LogP contribution is 2.38. The van der Waals surface area contributed by atoms with Crippen molar-refractivity contribution >= 4 is 19.6 Å². The third kappa shape index (κ3) is 39.7. The molecular weight excluding hydrogens is 701 g/mol. The third-order valence-corrected chi connectivity index (χ3v) is 9.86. The molecule has 1 unspecified atom stereocenters. The van der Waals surface area contributed by atoms with Crippen molar-refractivity contribution in [3.63, 3.8) is 0 Å². The molecule has 0 aliphatic heterocycles. The molecule has 0 spiro atoms. The highest BCUT2D eigenvalue weighted by atomic mass is 31.2. The number of likely N-dealkylation sites (N-methyl/N-ethyl adjacent to an activating group) is 1. The van der Waals surface area contributed by atoms with Crippen LogP contribution in [0.4, 0.5) is 0 Å². The summed E-state index contributed by atoms with van der Waals surface area (Å²) in [5, 5.41) is 0. The highest BCUT2D eigenvalue weighted by molar-refractivity contribution is 7.45. The number of phosphoric acid groups is 1. The molecule has 0 aromatic heterocycles. The summed E-state index contributed by atoms with van der Waals surface area (Å²) in [5.74, 6) is -0.219. The van der Waals surface area contributed by atoms with Gasteiger partial charge < -0.3 is 27.9 Å². The van der Waals surface area contributed by atoms with Crippen molar-refractivity contribution < 1.29 is 42.1 Å². The van der Waals surface area contributed by atoms with Gasteiger partial charge in [-0.05, 0) is 76.4 Å². The van der Waals surface area contributed by atoms with Crippen LogP contribution in [-0.4, -0.2) is 69.8 Å². The number of nitrogens with zero attached hydrogens (tertiary/aromatic N) is 1. The number of esters is 1.